The zero-order chi connectivity index (χ0) is 27.7. The van der Waals surface area contributed by atoms with Crippen LogP contribution in [0.2, 0.25) is 0 Å². The molecule has 0 spiro atoms. The Morgan fingerprint density at radius 1 is 1.11 bits per heavy atom. The summed E-state index contributed by atoms with van der Waals surface area (Å²) in [6, 6.07) is 14.6. The molecule has 3 N–H and O–H groups in total. The van der Waals surface area contributed by atoms with Crippen LogP contribution in [0.25, 0.3) is 22.3 Å². The van der Waals surface area contributed by atoms with Gasteiger partial charge in [0.2, 0.25) is 0 Å². The van der Waals surface area contributed by atoms with Crippen LogP contribution in [0.1, 0.15) is 30.5 Å². The van der Waals surface area contributed by atoms with E-state index in [1.54, 1.807) is 12.1 Å². The third kappa shape index (κ3) is 6.75. The van der Waals surface area contributed by atoms with Gasteiger partial charge in [-0.25, -0.2) is 9.37 Å². The van der Waals surface area contributed by atoms with Crippen molar-refractivity contribution < 1.29 is 4.39 Å². The molecule has 0 aliphatic heterocycles. The third-order valence-corrected chi connectivity index (χ3v) is 6.40. The van der Waals surface area contributed by atoms with Crippen LogP contribution in [0, 0.1) is 12.7 Å². The fourth-order valence-corrected chi connectivity index (χ4v) is 4.18. The first-order chi connectivity index (χ1) is 18.3. The second-order valence-electron chi connectivity index (χ2n) is 8.89. The van der Waals surface area contributed by atoms with Crippen LogP contribution in [-0.2, 0) is 0 Å². The predicted molar refractivity (Wildman–Crippen MR) is 163 cm³/mol. The first-order valence-corrected chi connectivity index (χ1v) is 12.7. The highest BCUT2D eigenvalue weighted by atomic mass is 19.1. The van der Waals surface area contributed by atoms with E-state index in [0.717, 1.165) is 63.3 Å². The van der Waals surface area contributed by atoms with Gasteiger partial charge in [-0.3, -0.25) is 0 Å². The van der Waals surface area contributed by atoms with Crippen molar-refractivity contribution in [1.29, 1.82) is 0 Å². The normalized spacial score (nSPS) is 11.7. The number of hydrogen-bond acceptors (Lipinski definition) is 4. The summed E-state index contributed by atoms with van der Waals surface area (Å²) in [5.74, 6) is 0.449. The maximum Gasteiger partial charge on any atom is 0.133 e. The Hall–Kier alpha value is -4.22. The molecule has 1 aromatic heterocycles. The molecule has 0 atom stereocenters. The maximum atomic E-state index is 13.9. The largest absolute Gasteiger partial charge is 0.373 e. The van der Waals surface area contributed by atoms with Gasteiger partial charge < -0.3 is 16.0 Å². The van der Waals surface area contributed by atoms with Gasteiger partial charge in [0.1, 0.15) is 11.6 Å². The molecule has 0 aliphatic carbocycles. The summed E-state index contributed by atoms with van der Waals surface area (Å²) < 4.78 is 13.9. The highest BCUT2D eigenvalue weighted by Gasteiger charge is 2.14. The number of hydrogen-bond donors (Lipinski definition) is 3. The highest BCUT2D eigenvalue weighted by molar-refractivity contribution is 5.88. The first-order valence-electron chi connectivity index (χ1n) is 12.7. The Morgan fingerprint density at radius 2 is 1.87 bits per heavy atom. The molecule has 196 valence electrons. The minimum Gasteiger partial charge on any atom is -0.373 e. The number of halogens is 1. The van der Waals surface area contributed by atoms with E-state index in [0.29, 0.717) is 11.5 Å². The van der Waals surface area contributed by atoms with Crippen LogP contribution in [-0.4, -0.2) is 25.1 Å². The van der Waals surface area contributed by atoms with Crippen LogP contribution in [0.5, 0.6) is 0 Å². The molecule has 1 heterocycles. The first kappa shape index (κ1) is 28.4. The van der Waals surface area contributed by atoms with Gasteiger partial charge in [0, 0.05) is 47.9 Å². The van der Waals surface area contributed by atoms with E-state index in [-0.39, 0.29) is 5.82 Å². The summed E-state index contributed by atoms with van der Waals surface area (Å²) in [5.41, 5.74) is 8.97. The zero-order valence-electron chi connectivity index (χ0n) is 22.8. The highest BCUT2D eigenvalue weighted by Crippen LogP contribution is 2.33. The van der Waals surface area contributed by atoms with Gasteiger partial charge in [-0.2, -0.15) is 0 Å². The summed E-state index contributed by atoms with van der Waals surface area (Å²) in [5, 5.41) is 9.93. The number of allylic oxidation sites excluding steroid dienone is 4. The number of anilines is 2. The summed E-state index contributed by atoms with van der Waals surface area (Å²) >= 11 is 0. The van der Waals surface area contributed by atoms with Crippen molar-refractivity contribution in [3.8, 4) is 11.1 Å². The molecule has 0 saturated heterocycles. The van der Waals surface area contributed by atoms with E-state index in [2.05, 4.69) is 65.8 Å². The molecule has 4 nitrogen and oxygen atoms in total. The van der Waals surface area contributed by atoms with Gasteiger partial charge in [0.05, 0.1) is 0 Å². The van der Waals surface area contributed by atoms with Crippen molar-refractivity contribution in [2.24, 2.45) is 0 Å². The van der Waals surface area contributed by atoms with Crippen molar-refractivity contribution in [3.63, 3.8) is 0 Å². The third-order valence-electron chi connectivity index (χ3n) is 6.40. The molecule has 0 unspecified atom stereocenters. The van der Waals surface area contributed by atoms with Crippen molar-refractivity contribution in [3.05, 3.63) is 126 Å². The number of nitrogens with zero attached hydrogens (tertiary/aromatic N) is 1. The van der Waals surface area contributed by atoms with Crippen molar-refractivity contribution in [2.75, 3.05) is 30.8 Å². The van der Waals surface area contributed by atoms with Gasteiger partial charge in [-0.15, -0.1) is 0 Å². The van der Waals surface area contributed by atoms with E-state index in [1.807, 2.05) is 57.4 Å². The fraction of sp³-hybridized carbons (Fsp3) is 0.182. The molecule has 0 radical (unpaired) electrons. The van der Waals surface area contributed by atoms with Crippen molar-refractivity contribution in [1.82, 2.24) is 10.3 Å². The minimum atomic E-state index is -0.262. The van der Waals surface area contributed by atoms with Crippen molar-refractivity contribution >= 4 is 22.7 Å². The number of aromatic nitrogens is 1. The Bertz CT molecular complexity index is 1400. The molecular weight excluding hydrogens is 471 g/mol. The second-order valence-corrected chi connectivity index (χ2v) is 8.89. The van der Waals surface area contributed by atoms with E-state index < -0.39 is 0 Å². The Balaban J connectivity index is 1.92. The lowest BCUT2D eigenvalue weighted by atomic mass is 9.97. The van der Waals surface area contributed by atoms with E-state index in [4.69, 9.17) is 0 Å². The van der Waals surface area contributed by atoms with Gasteiger partial charge >= 0.3 is 0 Å². The van der Waals surface area contributed by atoms with Crippen LogP contribution >= 0.6 is 0 Å². The monoisotopic (exact) mass is 508 g/mol. The summed E-state index contributed by atoms with van der Waals surface area (Å²) in [7, 11) is 1.84. The summed E-state index contributed by atoms with van der Waals surface area (Å²) in [6.07, 6.45) is 7.90. The molecule has 0 aliphatic rings. The molecule has 3 rings (SSSR count). The Labute approximate surface area is 226 Å². The number of likely N-dealkylation sites (N-methyl/N-ethyl adjacent to an activating group) is 1. The van der Waals surface area contributed by atoms with E-state index >= 15 is 0 Å². The molecule has 5 heteroatoms. The lowest BCUT2D eigenvalue weighted by Gasteiger charge is -2.19. The SMILES string of the molecule is C=C/C(=C\C(=C/C)c1cnc(NC)c(C(=C)C(=C)Nc2cccc(-c3cccc(F)c3)c2C)c1)CNCC. The molecule has 0 bridgehead atoms. The van der Waals surface area contributed by atoms with Gasteiger partial charge in [-0.1, -0.05) is 69.2 Å². The number of nitrogens with one attached hydrogen (secondary N) is 3. The fourth-order valence-electron chi connectivity index (χ4n) is 4.18. The number of benzene rings is 2. The number of pyridine rings is 1. The number of rotatable bonds is 12. The van der Waals surface area contributed by atoms with Crippen LogP contribution in [0.4, 0.5) is 15.9 Å². The predicted octanol–water partition coefficient (Wildman–Crippen LogP) is 8.00. The molecule has 0 fully saturated rings. The minimum absolute atomic E-state index is 0.262. The Kier molecular flexibility index (Phi) is 9.97. The lowest BCUT2D eigenvalue weighted by Crippen LogP contribution is -2.15. The average molecular weight is 509 g/mol. The average Bonchev–Trinajstić information content (AvgIpc) is 2.93. The lowest BCUT2D eigenvalue weighted by molar-refractivity contribution is 0.628. The standard InChI is InChI=1S/C33H37FN4/c1-8-25(20-36-10-3)17-26(9-2)28-19-31(33(35-7)37-21-28)22(4)24(6)38-32-16-12-15-30(23(32)5)27-13-11-14-29(34)18-27/h8-9,11-19,21,36,38H,1,4,6,10,20H2,2-3,5,7H3,(H,35,37)/b25-17+,26-9+. The summed E-state index contributed by atoms with van der Waals surface area (Å²) in [4.78, 5) is 4.66. The molecule has 2 aromatic carbocycles. The summed E-state index contributed by atoms with van der Waals surface area (Å²) in [6.45, 7) is 20.3. The van der Waals surface area contributed by atoms with Gasteiger partial charge in [0.15, 0.2) is 0 Å². The van der Waals surface area contributed by atoms with Gasteiger partial charge in [0.25, 0.3) is 0 Å². The Morgan fingerprint density at radius 3 is 2.53 bits per heavy atom. The molecule has 38 heavy (non-hydrogen) atoms. The maximum absolute atomic E-state index is 13.9. The quantitative estimate of drug-likeness (QED) is 0.217. The zero-order valence-corrected chi connectivity index (χ0v) is 22.8. The topological polar surface area (TPSA) is 49.0 Å². The molecular formula is C33H37FN4. The molecule has 0 saturated carbocycles. The van der Waals surface area contributed by atoms with Crippen LogP contribution in [0.3, 0.4) is 0 Å². The van der Waals surface area contributed by atoms with Crippen molar-refractivity contribution in [2.45, 2.75) is 20.8 Å². The van der Waals surface area contributed by atoms with E-state index in [9.17, 15) is 4.39 Å². The molecule has 3 aromatic rings. The second kappa shape index (κ2) is 13.4. The van der Waals surface area contributed by atoms with E-state index in [1.165, 1.54) is 6.07 Å². The van der Waals surface area contributed by atoms with Gasteiger partial charge in [-0.05, 0) is 72.5 Å². The molecule has 0 amide bonds. The van der Waals surface area contributed by atoms with Crippen LogP contribution in [0.15, 0.2) is 104 Å². The van der Waals surface area contributed by atoms with Crippen LogP contribution < -0.4 is 16.0 Å². The smallest absolute Gasteiger partial charge is 0.133 e.